The summed E-state index contributed by atoms with van der Waals surface area (Å²) in [5.74, 6) is 0. The van der Waals surface area contributed by atoms with Crippen molar-refractivity contribution in [2.45, 2.75) is 71.1 Å². The van der Waals surface area contributed by atoms with E-state index >= 15 is 0 Å². The molecular formula is C18H31O. The van der Waals surface area contributed by atoms with Crippen molar-refractivity contribution < 1.29 is 5.11 Å². The summed E-state index contributed by atoms with van der Waals surface area (Å²) >= 11 is 0. The number of aliphatic hydroxyl groups is 1. The molecule has 0 bridgehead atoms. The predicted molar refractivity (Wildman–Crippen MR) is 85.5 cm³/mol. The second kappa shape index (κ2) is 17.2. The van der Waals surface area contributed by atoms with Crippen molar-refractivity contribution in [3.63, 3.8) is 0 Å². The zero-order valence-electron chi connectivity index (χ0n) is 12.6. The van der Waals surface area contributed by atoms with Gasteiger partial charge in [0, 0.05) is 0 Å². The standard InChI is InChI=1S/C18H31O/c1-2-3-4-5-6-7-8-9-10-11-12-13-14-15-16-17-18-19/h3-4,6-7,9-10,18-19H,2,5,8,11-17H2,1H3/b4-3-,7-6-,10-9-. The van der Waals surface area contributed by atoms with E-state index < -0.39 is 0 Å². The molecule has 0 saturated carbocycles. The van der Waals surface area contributed by atoms with Crippen molar-refractivity contribution in [1.29, 1.82) is 0 Å². The highest BCUT2D eigenvalue weighted by Gasteiger charge is 1.89. The summed E-state index contributed by atoms with van der Waals surface area (Å²) in [6.45, 7) is 3.43. The summed E-state index contributed by atoms with van der Waals surface area (Å²) in [6.07, 6.45) is 25.0. The van der Waals surface area contributed by atoms with Gasteiger partial charge in [-0.15, -0.1) is 0 Å². The van der Waals surface area contributed by atoms with E-state index in [-0.39, 0.29) is 0 Å². The molecule has 0 aliphatic carbocycles. The van der Waals surface area contributed by atoms with E-state index in [0.29, 0.717) is 0 Å². The van der Waals surface area contributed by atoms with Gasteiger partial charge in [0.2, 0.25) is 0 Å². The number of unbranched alkanes of at least 4 members (excludes halogenated alkanes) is 6. The molecule has 0 atom stereocenters. The second-order valence-electron chi connectivity index (χ2n) is 4.82. The van der Waals surface area contributed by atoms with Crippen LogP contribution in [0.1, 0.15) is 71.1 Å². The van der Waals surface area contributed by atoms with Crippen LogP contribution in [0, 0.1) is 6.61 Å². The third-order valence-corrected chi connectivity index (χ3v) is 2.98. The van der Waals surface area contributed by atoms with Gasteiger partial charge in [-0.1, -0.05) is 69.1 Å². The lowest BCUT2D eigenvalue weighted by Gasteiger charge is -1.98. The average molecular weight is 263 g/mol. The number of allylic oxidation sites excluding steroid dienone is 6. The van der Waals surface area contributed by atoms with Crippen LogP contribution in [0.25, 0.3) is 0 Å². The lowest BCUT2D eigenvalue weighted by molar-refractivity contribution is 0.367. The summed E-state index contributed by atoms with van der Waals surface area (Å²) in [7, 11) is 0. The van der Waals surface area contributed by atoms with Crippen LogP contribution in [0.5, 0.6) is 0 Å². The largest absolute Gasteiger partial charge is 0.390 e. The first-order valence-corrected chi connectivity index (χ1v) is 7.82. The van der Waals surface area contributed by atoms with Crippen LogP contribution in [0.15, 0.2) is 36.5 Å². The van der Waals surface area contributed by atoms with E-state index in [4.69, 9.17) is 5.11 Å². The van der Waals surface area contributed by atoms with Crippen LogP contribution in [0.3, 0.4) is 0 Å². The van der Waals surface area contributed by atoms with Gasteiger partial charge in [0.15, 0.2) is 0 Å². The van der Waals surface area contributed by atoms with Gasteiger partial charge in [-0.2, -0.15) is 0 Å². The normalized spacial score (nSPS) is 12.3. The van der Waals surface area contributed by atoms with Crippen LogP contribution in [-0.2, 0) is 0 Å². The molecule has 0 aromatic heterocycles. The molecule has 1 N–H and O–H groups in total. The van der Waals surface area contributed by atoms with Crippen LogP contribution in [-0.4, -0.2) is 5.11 Å². The minimum atomic E-state index is 0.847. The van der Waals surface area contributed by atoms with Gasteiger partial charge in [0.1, 0.15) is 0 Å². The van der Waals surface area contributed by atoms with Gasteiger partial charge < -0.3 is 5.11 Å². The molecule has 0 rings (SSSR count). The smallest absolute Gasteiger partial charge is 0.0799 e. The van der Waals surface area contributed by atoms with E-state index in [1.165, 1.54) is 38.7 Å². The highest BCUT2D eigenvalue weighted by atomic mass is 16.2. The summed E-state index contributed by atoms with van der Waals surface area (Å²) < 4.78 is 0. The maximum absolute atomic E-state index is 8.53. The van der Waals surface area contributed by atoms with Gasteiger partial charge in [0.05, 0.1) is 6.61 Å². The summed E-state index contributed by atoms with van der Waals surface area (Å²) in [5.41, 5.74) is 0. The van der Waals surface area contributed by atoms with Crippen molar-refractivity contribution in [1.82, 2.24) is 0 Å². The molecular weight excluding hydrogens is 232 g/mol. The van der Waals surface area contributed by atoms with Gasteiger partial charge in [-0.25, -0.2) is 0 Å². The maximum atomic E-state index is 8.53. The third-order valence-electron chi connectivity index (χ3n) is 2.98. The first-order chi connectivity index (χ1) is 9.41. The number of aliphatic hydroxyl groups excluding tert-OH is 1. The fourth-order valence-corrected chi connectivity index (χ4v) is 1.85. The van der Waals surface area contributed by atoms with E-state index in [1.54, 1.807) is 0 Å². The topological polar surface area (TPSA) is 20.2 Å². The van der Waals surface area contributed by atoms with Gasteiger partial charge in [0.25, 0.3) is 0 Å². The Balaban J connectivity index is 3.19. The number of hydrogen-bond donors (Lipinski definition) is 1. The Morgan fingerprint density at radius 2 is 1.16 bits per heavy atom. The van der Waals surface area contributed by atoms with E-state index in [2.05, 4.69) is 43.4 Å². The molecule has 0 unspecified atom stereocenters. The Hall–Kier alpha value is -0.820. The van der Waals surface area contributed by atoms with Crippen molar-refractivity contribution in [2.75, 3.05) is 0 Å². The van der Waals surface area contributed by atoms with Crippen LogP contribution in [0.4, 0.5) is 0 Å². The molecule has 0 fully saturated rings. The quantitative estimate of drug-likeness (QED) is 0.314. The fourth-order valence-electron chi connectivity index (χ4n) is 1.85. The number of rotatable bonds is 13. The molecule has 0 aliphatic rings. The lowest BCUT2D eigenvalue weighted by atomic mass is 10.1. The molecule has 1 heteroatoms. The zero-order chi connectivity index (χ0) is 14.0. The molecule has 0 aromatic rings. The van der Waals surface area contributed by atoms with Gasteiger partial charge in [-0.3, -0.25) is 0 Å². The number of hydrogen-bond acceptors (Lipinski definition) is 1. The highest BCUT2D eigenvalue weighted by molar-refractivity contribution is 4.96. The van der Waals surface area contributed by atoms with Crippen LogP contribution >= 0.6 is 0 Å². The van der Waals surface area contributed by atoms with E-state index in [1.807, 2.05) is 0 Å². The monoisotopic (exact) mass is 263 g/mol. The van der Waals surface area contributed by atoms with Gasteiger partial charge in [-0.05, 0) is 38.5 Å². The van der Waals surface area contributed by atoms with E-state index in [0.717, 1.165) is 32.1 Å². The Bertz CT molecular complexity index is 238. The SMILES string of the molecule is CC/C=C\C/C=C\C/C=C\CCCCCCC[CH]O. The Kier molecular flexibility index (Phi) is 16.4. The first kappa shape index (κ1) is 18.2. The molecule has 0 amide bonds. The summed E-state index contributed by atoms with van der Waals surface area (Å²) in [4.78, 5) is 0. The molecule has 0 saturated heterocycles. The summed E-state index contributed by atoms with van der Waals surface area (Å²) in [6, 6.07) is 0. The van der Waals surface area contributed by atoms with Gasteiger partial charge >= 0.3 is 0 Å². The molecule has 19 heavy (non-hydrogen) atoms. The Labute approximate surface area is 120 Å². The predicted octanol–water partition coefficient (Wildman–Crippen LogP) is 6.11. The molecule has 0 aliphatic heterocycles. The maximum Gasteiger partial charge on any atom is 0.0799 e. The minimum Gasteiger partial charge on any atom is -0.390 e. The molecule has 0 heterocycles. The molecule has 0 spiro atoms. The zero-order valence-corrected chi connectivity index (χ0v) is 12.6. The third kappa shape index (κ3) is 17.2. The first-order valence-electron chi connectivity index (χ1n) is 7.82. The van der Waals surface area contributed by atoms with Crippen molar-refractivity contribution in [3.8, 4) is 0 Å². The fraction of sp³-hybridized carbons (Fsp3) is 0.611. The molecule has 1 nitrogen and oxygen atoms in total. The van der Waals surface area contributed by atoms with Crippen molar-refractivity contribution >= 4 is 0 Å². The van der Waals surface area contributed by atoms with Crippen LogP contribution < -0.4 is 0 Å². The lowest BCUT2D eigenvalue weighted by Crippen LogP contribution is -1.80. The van der Waals surface area contributed by atoms with Crippen molar-refractivity contribution in [3.05, 3.63) is 43.1 Å². The average Bonchev–Trinajstić information content (AvgIpc) is 2.43. The minimum absolute atomic E-state index is 0.847. The highest BCUT2D eigenvalue weighted by Crippen LogP contribution is 2.08. The van der Waals surface area contributed by atoms with E-state index in [9.17, 15) is 0 Å². The molecule has 109 valence electrons. The Morgan fingerprint density at radius 3 is 1.79 bits per heavy atom. The Morgan fingerprint density at radius 1 is 0.632 bits per heavy atom. The molecule has 1 radical (unpaired) electrons. The van der Waals surface area contributed by atoms with Crippen molar-refractivity contribution in [2.24, 2.45) is 0 Å². The summed E-state index contributed by atoms with van der Waals surface area (Å²) in [5, 5.41) is 8.53. The van der Waals surface area contributed by atoms with Crippen LogP contribution in [0.2, 0.25) is 0 Å². The second-order valence-corrected chi connectivity index (χ2v) is 4.82. The molecule has 0 aromatic carbocycles.